The van der Waals surface area contributed by atoms with Crippen LogP contribution in [0.3, 0.4) is 0 Å². The zero-order valence-corrected chi connectivity index (χ0v) is 11.4. The summed E-state index contributed by atoms with van der Waals surface area (Å²) < 4.78 is 26.9. The zero-order valence-electron chi connectivity index (χ0n) is 11.4. The van der Waals surface area contributed by atoms with Gasteiger partial charge in [-0.3, -0.25) is 4.90 Å². The highest BCUT2D eigenvalue weighted by Gasteiger charge is 2.21. The van der Waals surface area contributed by atoms with Crippen molar-refractivity contribution < 1.29 is 8.78 Å². The predicted octanol–water partition coefficient (Wildman–Crippen LogP) is 3.23. The quantitative estimate of drug-likeness (QED) is 0.912. The summed E-state index contributed by atoms with van der Waals surface area (Å²) in [5.41, 5.74) is 6.33. The third-order valence-electron chi connectivity index (χ3n) is 3.98. The van der Waals surface area contributed by atoms with Gasteiger partial charge in [-0.25, -0.2) is 8.78 Å². The fraction of sp³-hybridized carbons (Fsp3) is 0.600. The minimum atomic E-state index is -0.476. The molecule has 1 aliphatic heterocycles. The SMILES string of the molecule is CC1CCCCCN1CC(N)c1cc(F)ccc1F. The van der Waals surface area contributed by atoms with Gasteiger partial charge in [-0.15, -0.1) is 0 Å². The second-order valence-electron chi connectivity index (χ2n) is 5.47. The van der Waals surface area contributed by atoms with Gasteiger partial charge < -0.3 is 5.73 Å². The Morgan fingerprint density at radius 1 is 1.32 bits per heavy atom. The molecule has 1 aromatic rings. The molecular formula is C15H22F2N2. The van der Waals surface area contributed by atoms with Crippen molar-refractivity contribution in [3.63, 3.8) is 0 Å². The molecule has 0 spiro atoms. The fourth-order valence-electron chi connectivity index (χ4n) is 2.76. The van der Waals surface area contributed by atoms with Gasteiger partial charge in [-0.05, 0) is 44.5 Å². The lowest BCUT2D eigenvalue weighted by Crippen LogP contribution is -2.38. The lowest BCUT2D eigenvalue weighted by molar-refractivity contribution is 0.200. The number of hydrogen-bond acceptors (Lipinski definition) is 2. The van der Waals surface area contributed by atoms with Gasteiger partial charge >= 0.3 is 0 Å². The molecule has 0 aliphatic carbocycles. The summed E-state index contributed by atoms with van der Waals surface area (Å²) in [4.78, 5) is 2.29. The Morgan fingerprint density at radius 2 is 2.11 bits per heavy atom. The summed E-state index contributed by atoms with van der Waals surface area (Å²) in [7, 11) is 0. The molecule has 106 valence electrons. The number of likely N-dealkylation sites (tertiary alicyclic amines) is 1. The Labute approximate surface area is 113 Å². The topological polar surface area (TPSA) is 29.3 Å². The third kappa shape index (κ3) is 3.74. The van der Waals surface area contributed by atoms with Gasteiger partial charge in [0, 0.05) is 24.2 Å². The molecule has 0 radical (unpaired) electrons. The van der Waals surface area contributed by atoms with E-state index in [2.05, 4.69) is 11.8 Å². The van der Waals surface area contributed by atoms with E-state index < -0.39 is 17.7 Å². The first-order chi connectivity index (χ1) is 9.08. The predicted molar refractivity (Wildman–Crippen MR) is 72.8 cm³/mol. The van der Waals surface area contributed by atoms with Crippen LogP contribution >= 0.6 is 0 Å². The van der Waals surface area contributed by atoms with Crippen LogP contribution in [-0.2, 0) is 0 Å². The first kappa shape index (κ1) is 14.4. The van der Waals surface area contributed by atoms with Crippen LogP contribution in [0.25, 0.3) is 0 Å². The highest BCUT2D eigenvalue weighted by Crippen LogP contribution is 2.22. The van der Waals surface area contributed by atoms with Crippen LogP contribution in [-0.4, -0.2) is 24.0 Å². The molecule has 0 saturated carbocycles. The van der Waals surface area contributed by atoms with Crippen LogP contribution in [0.1, 0.15) is 44.2 Å². The summed E-state index contributed by atoms with van der Waals surface area (Å²) >= 11 is 0. The third-order valence-corrected chi connectivity index (χ3v) is 3.98. The van der Waals surface area contributed by atoms with E-state index in [0.717, 1.165) is 31.5 Å². The smallest absolute Gasteiger partial charge is 0.128 e. The number of nitrogens with zero attached hydrogens (tertiary/aromatic N) is 1. The molecule has 1 aliphatic rings. The molecule has 2 rings (SSSR count). The maximum atomic E-state index is 13.7. The van der Waals surface area contributed by atoms with E-state index in [4.69, 9.17) is 5.73 Å². The van der Waals surface area contributed by atoms with Crippen molar-refractivity contribution in [2.45, 2.75) is 44.7 Å². The van der Waals surface area contributed by atoms with E-state index in [-0.39, 0.29) is 5.56 Å². The maximum absolute atomic E-state index is 13.7. The molecule has 1 saturated heterocycles. The second kappa shape index (κ2) is 6.44. The van der Waals surface area contributed by atoms with Crippen molar-refractivity contribution in [2.24, 2.45) is 5.73 Å². The van der Waals surface area contributed by atoms with E-state index in [1.54, 1.807) is 0 Å². The van der Waals surface area contributed by atoms with Crippen LogP contribution in [0.4, 0.5) is 8.78 Å². The Hall–Kier alpha value is -1.00. The highest BCUT2D eigenvalue weighted by atomic mass is 19.1. The van der Waals surface area contributed by atoms with Crippen molar-refractivity contribution in [3.8, 4) is 0 Å². The molecule has 4 heteroatoms. The van der Waals surface area contributed by atoms with Crippen LogP contribution in [0.5, 0.6) is 0 Å². The second-order valence-corrected chi connectivity index (χ2v) is 5.47. The minimum Gasteiger partial charge on any atom is -0.323 e. The largest absolute Gasteiger partial charge is 0.323 e. The molecule has 0 amide bonds. The molecule has 1 heterocycles. The Balaban J connectivity index is 2.06. The first-order valence-electron chi connectivity index (χ1n) is 7.02. The van der Waals surface area contributed by atoms with Gasteiger partial charge in [0.1, 0.15) is 11.6 Å². The van der Waals surface area contributed by atoms with E-state index in [0.29, 0.717) is 12.6 Å². The molecule has 1 fully saturated rings. The van der Waals surface area contributed by atoms with Crippen molar-refractivity contribution in [2.75, 3.05) is 13.1 Å². The molecule has 2 nitrogen and oxygen atoms in total. The molecule has 19 heavy (non-hydrogen) atoms. The van der Waals surface area contributed by atoms with Gasteiger partial charge in [-0.1, -0.05) is 12.8 Å². The highest BCUT2D eigenvalue weighted by molar-refractivity contribution is 5.22. The minimum absolute atomic E-state index is 0.274. The van der Waals surface area contributed by atoms with Gasteiger partial charge in [0.05, 0.1) is 0 Å². The van der Waals surface area contributed by atoms with Gasteiger partial charge in [-0.2, -0.15) is 0 Å². The normalized spacial score (nSPS) is 23.1. The number of benzene rings is 1. The van der Waals surface area contributed by atoms with Crippen molar-refractivity contribution >= 4 is 0 Å². The Kier molecular flexibility index (Phi) is 4.88. The Bertz CT molecular complexity index is 423. The van der Waals surface area contributed by atoms with Crippen molar-refractivity contribution in [3.05, 3.63) is 35.4 Å². The van der Waals surface area contributed by atoms with E-state index >= 15 is 0 Å². The van der Waals surface area contributed by atoms with Gasteiger partial charge in [0.25, 0.3) is 0 Å². The van der Waals surface area contributed by atoms with E-state index in [9.17, 15) is 8.78 Å². The van der Waals surface area contributed by atoms with Gasteiger partial charge in [0.2, 0.25) is 0 Å². The number of hydrogen-bond donors (Lipinski definition) is 1. The Morgan fingerprint density at radius 3 is 2.89 bits per heavy atom. The van der Waals surface area contributed by atoms with E-state index in [1.807, 2.05) is 0 Å². The van der Waals surface area contributed by atoms with Crippen LogP contribution in [0.15, 0.2) is 18.2 Å². The standard InChI is InChI=1S/C15H22F2N2/c1-11-5-3-2-4-8-19(11)10-15(18)13-9-12(16)6-7-14(13)17/h6-7,9,11,15H,2-5,8,10,18H2,1H3. The summed E-state index contributed by atoms with van der Waals surface area (Å²) in [6.45, 7) is 3.76. The summed E-state index contributed by atoms with van der Waals surface area (Å²) in [6, 6.07) is 3.47. The average molecular weight is 268 g/mol. The van der Waals surface area contributed by atoms with Crippen LogP contribution in [0.2, 0.25) is 0 Å². The molecule has 2 atom stereocenters. The fourth-order valence-corrected chi connectivity index (χ4v) is 2.76. The molecular weight excluding hydrogens is 246 g/mol. The number of rotatable bonds is 3. The monoisotopic (exact) mass is 268 g/mol. The van der Waals surface area contributed by atoms with Crippen molar-refractivity contribution in [1.29, 1.82) is 0 Å². The number of halogens is 2. The average Bonchev–Trinajstić information content (AvgIpc) is 2.58. The van der Waals surface area contributed by atoms with Crippen LogP contribution < -0.4 is 5.73 Å². The van der Waals surface area contributed by atoms with Gasteiger partial charge in [0.15, 0.2) is 0 Å². The molecule has 0 aromatic heterocycles. The van der Waals surface area contributed by atoms with E-state index in [1.165, 1.54) is 18.9 Å². The lowest BCUT2D eigenvalue weighted by atomic mass is 10.0. The number of nitrogens with two attached hydrogens (primary N) is 1. The summed E-state index contributed by atoms with van der Waals surface area (Å²) in [5, 5.41) is 0. The molecule has 2 unspecified atom stereocenters. The molecule has 2 N–H and O–H groups in total. The summed E-state index contributed by atoms with van der Waals surface area (Å²) in [5.74, 6) is -0.855. The first-order valence-corrected chi connectivity index (χ1v) is 7.02. The molecule has 0 bridgehead atoms. The van der Waals surface area contributed by atoms with Crippen molar-refractivity contribution in [1.82, 2.24) is 4.90 Å². The molecule has 1 aromatic carbocycles. The zero-order chi connectivity index (χ0) is 13.8. The van der Waals surface area contributed by atoms with Crippen LogP contribution in [0, 0.1) is 11.6 Å². The lowest BCUT2D eigenvalue weighted by Gasteiger charge is -2.29. The maximum Gasteiger partial charge on any atom is 0.128 e. The summed E-state index contributed by atoms with van der Waals surface area (Å²) in [6.07, 6.45) is 4.78.